The number of benzene rings is 1. The molecule has 1 aromatic carbocycles. The van der Waals surface area contributed by atoms with E-state index in [1.807, 2.05) is 25.1 Å². The van der Waals surface area contributed by atoms with Crippen molar-refractivity contribution in [3.05, 3.63) is 62.7 Å². The lowest BCUT2D eigenvalue weighted by molar-refractivity contribution is 0.0998. The molecule has 1 aliphatic carbocycles. The van der Waals surface area contributed by atoms with Crippen LogP contribution in [0.25, 0.3) is 11.3 Å². The van der Waals surface area contributed by atoms with Crippen LogP contribution in [0.4, 0.5) is 5.00 Å². The molecular formula is C21H17ClN2O2S. The Morgan fingerprint density at radius 2 is 2.07 bits per heavy atom. The Labute approximate surface area is 166 Å². The molecule has 6 heteroatoms. The SMILES string of the molecule is Cc1ccc(-c2ccc(C(=O)Nc3sc4c(c3C#N)CCCC4)o2)cc1Cl. The summed E-state index contributed by atoms with van der Waals surface area (Å²) in [5, 5.41) is 13.6. The summed E-state index contributed by atoms with van der Waals surface area (Å²) < 4.78 is 5.73. The van der Waals surface area contributed by atoms with Gasteiger partial charge < -0.3 is 9.73 Å². The first-order chi connectivity index (χ1) is 13.1. The molecule has 1 amide bonds. The van der Waals surface area contributed by atoms with E-state index in [-0.39, 0.29) is 11.7 Å². The molecule has 2 heterocycles. The Morgan fingerprint density at radius 3 is 2.85 bits per heavy atom. The van der Waals surface area contributed by atoms with Gasteiger partial charge in [-0.05, 0) is 61.9 Å². The molecule has 0 radical (unpaired) electrons. The quantitative estimate of drug-likeness (QED) is 0.592. The Morgan fingerprint density at radius 1 is 1.26 bits per heavy atom. The molecule has 1 N–H and O–H groups in total. The lowest BCUT2D eigenvalue weighted by atomic mass is 9.96. The van der Waals surface area contributed by atoms with Gasteiger partial charge in [-0.3, -0.25) is 4.79 Å². The fourth-order valence-electron chi connectivity index (χ4n) is 3.30. The van der Waals surface area contributed by atoms with Crippen LogP contribution in [0.3, 0.4) is 0 Å². The minimum absolute atomic E-state index is 0.206. The maximum Gasteiger partial charge on any atom is 0.292 e. The lowest BCUT2D eigenvalue weighted by Gasteiger charge is -2.09. The molecule has 0 atom stereocenters. The summed E-state index contributed by atoms with van der Waals surface area (Å²) in [5.41, 5.74) is 3.49. The Bertz CT molecular complexity index is 1070. The third-order valence-corrected chi connectivity index (χ3v) is 6.41. The molecule has 0 unspecified atom stereocenters. The third-order valence-electron chi connectivity index (χ3n) is 4.80. The maximum absolute atomic E-state index is 12.6. The van der Waals surface area contributed by atoms with E-state index >= 15 is 0 Å². The van der Waals surface area contributed by atoms with E-state index in [4.69, 9.17) is 16.0 Å². The predicted molar refractivity (Wildman–Crippen MR) is 108 cm³/mol. The van der Waals surface area contributed by atoms with Crippen molar-refractivity contribution >= 4 is 33.8 Å². The van der Waals surface area contributed by atoms with Gasteiger partial charge >= 0.3 is 0 Å². The number of amides is 1. The van der Waals surface area contributed by atoms with Crippen molar-refractivity contribution in [3.63, 3.8) is 0 Å². The molecule has 1 aliphatic rings. The number of furan rings is 1. The van der Waals surface area contributed by atoms with E-state index < -0.39 is 0 Å². The number of carbonyl (C=O) groups is 1. The van der Waals surface area contributed by atoms with Crippen molar-refractivity contribution < 1.29 is 9.21 Å². The van der Waals surface area contributed by atoms with E-state index in [0.29, 0.717) is 21.3 Å². The van der Waals surface area contributed by atoms with Gasteiger partial charge in [-0.25, -0.2) is 0 Å². The summed E-state index contributed by atoms with van der Waals surface area (Å²) >= 11 is 7.68. The second kappa shape index (κ2) is 7.22. The molecule has 0 fully saturated rings. The van der Waals surface area contributed by atoms with Crippen molar-refractivity contribution in [3.8, 4) is 17.4 Å². The summed E-state index contributed by atoms with van der Waals surface area (Å²) in [6.45, 7) is 1.93. The number of aryl methyl sites for hydroxylation is 2. The van der Waals surface area contributed by atoms with E-state index in [9.17, 15) is 10.1 Å². The minimum Gasteiger partial charge on any atom is -0.451 e. The van der Waals surface area contributed by atoms with Gasteiger partial charge in [0, 0.05) is 15.5 Å². The van der Waals surface area contributed by atoms with Gasteiger partial charge in [0.15, 0.2) is 5.76 Å². The third kappa shape index (κ3) is 3.39. The van der Waals surface area contributed by atoms with E-state index in [0.717, 1.165) is 42.4 Å². The molecule has 3 aromatic rings. The smallest absolute Gasteiger partial charge is 0.292 e. The van der Waals surface area contributed by atoms with Crippen LogP contribution in [0.2, 0.25) is 5.02 Å². The maximum atomic E-state index is 12.6. The number of fused-ring (bicyclic) bond motifs is 1. The first-order valence-corrected chi connectivity index (χ1v) is 9.98. The number of anilines is 1. The molecule has 2 aromatic heterocycles. The van der Waals surface area contributed by atoms with Gasteiger partial charge in [0.25, 0.3) is 5.91 Å². The molecule has 136 valence electrons. The van der Waals surface area contributed by atoms with Crippen LogP contribution >= 0.6 is 22.9 Å². The van der Waals surface area contributed by atoms with Crippen molar-refractivity contribution in [2.75, 3.05) is 5.32 Å². The topological polar surface area (TPSA) is 66.0 Å². The van der Waals surface area contributed by atoms with Gasteiger partial charge in [-0.2, -0.15) is 5.26 Å². The number of nitriles is 1. The number of halogens is 1. The zero-order valence-electron chi connectivity index (χ0n) is 14.8. The molecular weight excluding hydrogens is 380 g/mol. The Hall–Kier alpha value is -2.55. The number of carbonyl (C=O) groups excluding carboxylic acids is 1. The predicted octanol–water partition coefficient (Wildman–Crippen LogP) is 5.97. The monoisotopic (exact) mass is 396 g/mol. The molecule has 0 spiro atoms. The minimum atomic E-state index is -0.352. The van der Waals surface area contributed by atoms with E-state index in [2.05, 4.69) is 11.4 Å². The first-order valence-electron chi connectivity index (χ1n) is 8.79. The standard InChI is InChI=1S/C21H17ClN2O2S/c1-12-6-7-13(10-16(12)22)17-8-9-18(26-17)20(25)24-21-15(11-23)14-4-2-3-5-19(14)27-21/h6-10H,2-5H2,1H3,(H,24,25). The van der Waals surface area contributed by atoms with Crippen LogP contribution in [0.15, 0.2) is 34.7 Å². The number of rotatable bonds is 3. The molecule has 27 heavy (non-hydrogen) atoms. The van der Waals surface area contributed by atoms with E-state index in [1.165, 1.54) is 16.2 Å². The van der Waals surface area contributed by atoms with Crippen molar-refractivity contribution in [2.24, 2.45) is 0 Å². The molecule has 0 aliphatic heterocycles. The highest BCUT2D eigenvalue weighted by molar-refractivity contribution is 7.16. The second-order valence-electron chi connectivity index (χ2n) is 6.61. The number of thiophene rings is 1. The van der Waals surface area contributed by atoms with Gasteiger partial charge in [0.1, 0.15) is 16.8 Å². The lowest BCUT2D eigenvalue weighted by Crippen LogP contribution is -2.10. The number of hydrogen-bond donors (Lipinski definition) is 1. The second-order valence-corrected chi connectivity index (χ2v) is 8.12. The molecule has 4 nitrogen and oxygen atoms in total. The summed E-state index contributed by atoms with van der Waals surface area (Å²) in [5.74, 6) is 0.430. The average molecular weight is 397 g/mol. The van der Waals surface area contributed by atoms with Crippen molar-refractivity contribution in [1.29, 1.82) is 5.26 Å². The van der Waals surface area contributed by atoms with Crippen molar-refractivity contribution in [1.82, 2.24) is 0 Å². The molecule has 4 rings (SSSR count). The summed E-state index contributed by atoms with van der Waals surface area (Å²) in [7, 11) is 0. The summed E-state index contributed by atoms with van der Waals surface area (Å²) in [6, 6.07) is 11.3. The van der Waals surface area contributed by atoms with Gasteiger partial charge in [0.05, 0.1) is 5.56 Å². The highest BCUT2D eigenvalue weighted by Gasteiger charge is 2.23. The first kappa shape index (κ1) is 17.8. The van der Waals surface area contributed by atoms with Crippen LogP contribution in [0.1, 0.15) is 45.0 Å². The van der Waals surface area contributed by atoms with Crippen LogP contribution < -0.4 is 5.32 Å². The van der Waals surface area contributed by atoms with Crippen LogP contribution in [-0.2, 0) is 12.8 Å². The van der Waals surface area contributed by atoms with Gasteiger partial charge in [0.2, 0.25) is 0 Å². The molecule has 0 saturated heterocycles. The van der Waals surface area contributed by atoms with Crippen LogP contribution in [-0.4, -0.2) is 5.91 Å². The van der Waals surface area contributed by atoms with Crippen LogP contribution in [0.5, 0.6) is 0 Å². The summed E-state index contributed by atoms with van der Waals surface area (Å²) in [4.78, 5) is 13.8. The zero-order chi connectivity index (χ0) is 19.0. The Kier molecular flexibility index (Phi) is 4.77. The largest absolute Gasteiger partial charge is 0.451 e. The van der Waals surface area contributed by atoms with Crippen molar-refractivity contribution in [2.45, 2.75) is 32.6 Å². The normalized spacial score (nSPS) is 13.1. The fraction of sp³-hybridized carbons (Fsp3) is 0.238. The Balaban J connectivity index is 1.58. The average Bonchev–Trinajstić information content (AvgIpc) is 3.28. The number of nitrogens with zero attached hydrogens (tertiary/aromatic N) is 1. The zero-order valence-corrected chi connectivity index (χ0v) is 16.3. The highest BCUT2D eigenvalue weighted by atomic mass is 35.5. The van der Waals surface area contributed by atoms with E-state index in [1.54, 1.807) is 12.1 Å². The van der Waals surface area contributed by atoms with Gasteiger partial charge in [-0.1, -0.05) is 23.7 Å². The number of nitrogens with one attached hydrogen (secondary N) is 1. The summed E-state index contributed by atoms with van der Waals surface area (Å²) in [6.07, 6.45) is 4.10. The molecule has 0 bridgehead atoms. The number of hydrogen-bond acceptors (Lipinski definition) is 4. The highest BCUT2D eigenvalue weighted by Crippen LogP contribution is 2.38. The van der Waals surface area contributed by atoms with Crippen LogP contribution in [0, 0.1) is 18.3 Å². The fourth-order valence-corrected chi connectivity index (χ4v) is 4.71. The molecule has 0 saturated carbocycles. The van der Waals surface area contributed by atoms with Gasteiger partial charge in [-0.15, -0.1) is 11.3 Å².